The van der Waals surface area contributed by atoms with Gasteiger partial charge in [-0.05, 0) is 48.2 Å². The van der Waals surface area contributed by atoms with Crippen molar-refractivity contribution in [2.75, 3.05) is 6.54 Å². The quantitative estimate of drug-likeness (QED) is 0.611. The first kappa shape index (κ1) is 14.8. The number of fused-ring (bicyclic) bond motifs is 1. The summed E-state index contributed by atoms with van der Waals surface area (Å²) < 4.78 is 2.48. The minimum Gasteiger partial charge on any atom is -0.306 e. The van der Waals surface area contributed by atoms with Crippen molar-refractivity contribution in [2.24, 2.45) is 0 Å². The van der Waals surface area contributed by atoms with E-state index in [0.29, 0.717) is 0 Å². The Kier molecular flexibility index (Phi) is 4.73. The summed E-state index contributed by atoms with van der Waals surface area (Å²) in [4.78, 5) is 1.38. The van der Waals surface area contributed by atoms with Crippen molar-refractivity contribution in [3.8, 4) is 0 Å². The van der Waals surface area contributed by atoms with Crippen LogP contribution in [-0.2, 0) is 0 Å². The minimum absolute atomic E-state index is 0.274. The first-order chi connectivity index (χ1) is 10.3. The van der Waals surface area contributed by atoms with E-state index in [-0.39, 0.29) is 6.04 Å². The maximum Gasteiger partial charge on any atom is 0.0671 e. The SMILES string of the molecule is CCCNC(c1ccc(Br)cc1)c1cc2ccccc2s1. The summed E-state index contributed by atoms with van der Waals surface area (Å²) in [6.45, 7) is 3.23. The van der Waals surface area contributed by atoms with Gasteiger partial charge in [0.1, 0.15) is 0 Å². The highest BCUT2D eigenvalue weighted by Gasteiger charge is 2.16. The Labute approximate surface area is 138 Å². The van der Waals surface area contributed by atoms with Gasteiger partial charge in [-0.3, -0.25) is 0 Å². The molecule has 2 aromatic carbocycles. The lowest BCUT2D eigenvalue weighted by Gasteiger charge is -2.17. The topological polar surface area (TPSA) is 12.0 Å². The van der Waals surface area contributed by atoms with Gasteiger partial charge >= 0.3 is 0 Å². The summed E-state index contributed by atoms with van der Waals surface area (Å²) in [6.07, 6.45) is 1.14. The van der Waals surface area contributed by atoms with Crippen LogP contribution in [0.25, 0.3) is 10.1 Å². The molecule has 0 saturated carbocycles. The lowest BCUT2D eigenvalue weighted by Crippen LogP contribution is -2.22. The number of hydrogen-bond donors (Lipinski definition) is 1. The van der Waals surface area contributed by atoms with Crippen molar-refractivity contribution in [1.29, 1.82) is 0 Å². The first-order valence-electron chi connectivity index (χ1n) is 7.25. The average Bonchev–Trinajstić information content (AvgIpc) is 2.93. The second-order valence-electron chi connectivity index (χ2n) is 5.13. The van der Waals surface area contributed by atoms with E-state index >= 15 is 0 Å². The molecule has 0 saturated heterocycles. The van der Waals surface area contributed by atoms with Crippen molar-refractivity contribution in [3.63, 3.8) is 0 Å². The van der Waals surface area contributed by atoms with E-state index in [4.69, 9.17) is 0 Å². The van der Waals surface area contributed by atoms with Gasteiger partial charge in [-0.15, -0.1) is 11.3 Å². The predicted molar refractivity (Wildman–Crippen MR) is 96.1 cm³/mol. The molecule has 1 atom stereocenters. The molecule has 1 nitrogen and oxygen atoms in total. The summed E-state index contributed by atoms with van der Waals surface area (Å²) in [5.74, 6) is 0. The molecule has 0 fully saturated rings. The van der Waals surface area contributed by atoms with Crippen molar-refractivity contribution in [3.05, 3.63) is 69.5 Å². The highest BCUT2D eigenvalue weighted by atomic mass is 79.9. The monoisotopic (exact) mass is 359 g/mol. The Bertz CT molecular complexity index is 684. The van der Waals surface area contributed by atoms with E-state index in [0.717, 1.165) is 17.4 Å². The maximum absolute atomic E-state index is 3.68. The fourth-order valence-corrected chi connectivity index (χ4v) is 3.90. The van der Waals surface area contributed by atoms with E-state index < -0.39 is 0 Å². The first-order valence-corrected chi connectivity index (χ1v) is 8.86. The molecule has 3 aromatic rings. The standard InChI is InChI=1S/C18H18BrNS/c1-2-11-20-18(13-7-9-15(19)10-8-13)17-12-14-5-3-4-6-16(14)21-17/h3-10,12,18,20H,2,11H2,1H3. The summed E-state index contributed by atoms with van der Waals surface area (Å²) in [7, 11) is 0. The van der Waals surface area contributed by atoms with Gasteiger partial charge in [0.25, 0.3) is 0 Å². The van der Waals surface area contributed by atoms with Crippen molar-refractivity contribution in [2.45, 2.75) is 19.4 Å². The lowest BCUT2D eigenvalue weighted by molar-refractivity contribution is 0.606. The Hall–Kier alpha value is -1.16. The van der Waals surface area contributed by atoms with Crippen LogP contribution in [0.4, 0.5) is 0 Å². The van der Waals surface area contributed by atoms with Crippen molar-refractivity contribution < 1.29 is 0 Å². The van der Waals surface area contributed by atoms with Gasteiger partial charge in [0.15, 0.2) is 0 Å². The van der Waals surface area contributed by atoms with Gasteiger partial charge in [0.05, 0.1) is 6.04 Å². The maximum atomic E-state index is 3.68. The molecular weight excluding hydrogens is 342 g/mol. The number of halogens is 1. The molecule has 0 aliphatic carbocycles. The Morgan fingerprint density at radius 2 is 1.86 bits per heavy atom. The van der Waals surface area contributed by atoms with Crippen LogP contribution in [0.2, 0.25) is 0 Å². The second-order valence-corrected chi connectivity index (χ2v) is 7.16. The lowest BCUT2D eigenvalue weighted by atomic mass is 10.0. The molecule has 1 aromatic heterocycles. The van der Waals surface area contributed by atoms with Gasteiger partial charge in [0.2, 0.25) is 0 Å². The third-order valence-corrected chi connectivity index (χ3v) is 5.24. The smallest absolute Gasteiger partial charge is 0.0671 e. The minimum atomic E-state index is 0.274. The number of benzene rings is 2. The molecule has 0 bridgehead atoms. The predicted octanol–water partition coefficient (Wildman–Crippen LogP) is 5.75. The van der Waals surface area contributed by atoms with E-state index in [1.165, 1.54) is 20.5 Å². The van der Waals surface area contributed by atoms with Crippen molar-refractivity contribution in [1.82, 2.24) is 5.32 Å². The van der Waals surface area contributed by atoms with Crippen LogP contribution in [-0.4, -0.2) is 6.54 Å². The van der Waals surface area contributed by atoms with Gasteiger partial charge < -0.3 is 5.32 Å². The van der Waals surface area contributed by atoms with Gasteiger partial charge in [-0.2, -0.15) is 0 Å². The molecule has 0 spiro atoms. The van der Waals surface area contributed by atoms with E-state index in [2.05, 4.69) is 82.8 Å². The molecule has 0 radical (unpaired) electrons. The van der Waals surface area contributed by atoms with E-state index in [9.17, 15) is 0 Å². The third-order valence-electron chi connectivity index (χ3n) is 3.53. The summed E-state index contributed by atoms with van der Waals surface area (Å²) in [5, 5.41) is 5.01. The Morgan fingerprint density at radius 1 is 1.10 bits per heavy atom. The van der Waals surface area contributed by atoms with Crippen LogP contribution in [0, 0.1) is 0 Å². The van der Waals surface area contributed by atoms with Crippen LogP contribution >= 0.6 is 27.3 Å². The molecule has 3 heteroatoms. The van der Waals surface area contributed by atoms with Gasteiger partial charge in [-0.1, -0.05) is 53.2 Å². The number of nitrogens with one attached hydrogen (secondary N) is 1. The van der Waals surface area contributed by atoms with Crippen LogP contribution in [0.3, 0.4) is 0 Å². The fourth-order valence-electron chi connectivity index (χ4n) is 2.47. The number of hydrogen-bond acceptors (Lipinski definition) is 2. The molecule has 1 heterocycles. The summed E-state index contributed by atoms with van der Waals surface area (Å²) in [5.41, 5.74) is 1.32. The normalized spacial score (nSPS) is 12.7. The van der Waals surface area contributed by atoms with Gasteiger partial charge in [-0.25, -0.2) is 0 Å². The summed E-state index contributed by atoms with van der Waals surface area (Å²) >= 11 is 5.39. The van der Waals surface area contributed by atoms with E-state index in [1.54, 1.807) is 0 Å². The Morgan fingerprint density at radius 3 is 2.57 bits per heavy atom. The molecule has 21 heavy (non-hydrogen) atoms. The van der Waals surface area contributed by atoms with E-state index in [1.807, 2.05) is 11.3 Å². The zero-order chi connectivity index (χ0) is 14.7. The number of thiophene rings is 1. The Balaban J connectivity index is 1.99. The molecule has 1 N–H and O–H groups in total. The molecule has 0 amide bonds. The molecule has 3 rings (SSSR count). The van der Waals surface area contributed by atoms with Gasteiger partial charge in [0, 0.05) is 14.0 Å². The number of rotatable bonds is 5. The van der Waals surface area contributed by atoms with Crippen LogP contribution in [0.15, 0.2) is 59.1 Å². The average molecular weight is 360 g/mol. The highest BCUT2D eigenvalue weighted by Crippen LogP contribution is 2.33. The summed E-state index contributed by atoms with van der Waals surface area (Å²) in [6, 6.07) is 19.8. The molecular formula is C18H18BrNS. The van der Waals surface area contributed by atoms with Crippen LogP contribution in [0.1, 0.15) is 29.8 Å². The molecule has 0 aliphatic rings. The second kappa shape index (κ2) is 6.73. The van der Waals surface area contributed by atoms with Crippen molar-refractivity contribution >= 4 is 37.4 Å². The third kappa shape index (κ3) is 3.37. The molecule has 108 valence electrons. The zero-order valence-electron chi connectivity index (χ0n) is 12.0. The van der Waals surface area contributed by atoms with Crippen LogP contribution < -0.4 is 5.32 Å². The molecule has 0 aliphatic heterocycles. The largest absolute Gasteiger partial charge is 0.306 e. The molecule has 1 unspecified atom stereocenters. The van der Waals surface area contributed by atoms with Crippen LogP contribution in [0.5, 0.6) is 0 Å². The zero-order valence-corrected chi connectivity index (χ0v) is 14.4. The highest BCUT2D eigenvalue weighted by molar-refractivity contribution is 9.10. The fraction of sp³-hybridized carbons (Fsp3) is 0.222.